The van der Waals surface area contributed by atoms with Gasteiger partial charge in [-0.15, -0.1) is 0 Å². The molecule has 1 aromatic rings. The van der Waals surface area contributed by atoms with Gasteiger partial charge in [0.2, 0.25) is 0 Å². The van der Waals surface area contributed by atoms with Gasteiger partial charge in [-0.25, -0.2) is 14.8 Å². The van der Waals surface area contributed by atoms with Gasteiger partial charge in [0, 0.05) is 25.4 Å². The minimum absolute atomic E-state index is 0.159. The first-order chi connectivity index (χ1) is 8.72. The van der Waals surface area contributed by atoms with Crippen LogP contribution in [0.3, 0.4) is 0 Å². The minimum atomic E-state index is -0.997. The molecule has 0 aliphatic carbocycles. The largest absolute Gasteiger partial charge is 0.478 e. The second-order valence-electron chi connectivity index (χ2n) is 4.47. The number of rotatable bonds is 5. The second-order valence-corrected chi connectivity index (χ2v) is 4.47. The molecule has 6 nitrogen and oxygen atoms in total. The van der Waals surface area contributed by atoms with Crippen molar-refractivity contribution in [2.24, 2.45) is 0 Å². The normalized spacial score (nSPS) is 20.2. The van der Waals surface area contributed by atoms with Gasteiger partial charge in [-0.1, -0.05) is 0 Å². The number of hydrogen-bond acceptors (Lipinski definition) is 5. The summed E-state index contributed by atoms with van der Waals surface area (Å²) in [5, 5.41) is 18.1. The summed E-state index contributed by atoms with van der Waals surface area (Å²) in [5.41, 5.74) is 0.703. The number of carboxylic acids is 1. The van der Waals surface area contributed by atoms with E-state index in [2.05, 4.69) is 14.9 Å². The summed E-state index contributed by atoms with van der Waals surface area (Å²) in [7, 11) is 0. The van der Waals surface area contributed by atoms with E-state index in [0.29, 0.717) is 18.3 Å². The first-order valence-electron chi connectivity index (χ1n) is 6.09. The Morgan fingerprint density at radius 1 is 1.56 bits per heavy atom. The van der Waals surface area contributed by atoms with E-state index >= 15 is 0 Å². The number of aliphatic hydroxyl groups is 1. The highest BCUT2D eigenvalue weighted by molar-refractivity contribution is 5.88. The average Bonchev–Trinajstić information content (AvgIpc) is 2.78. The summed E-state index contributed by atoms with van der Waals surface area (Å²) in [4.78, 5) is 21.1. The lowest BCUT2D eigenvalue weighted by Crippen LogP contribution is -2.30. The fourth-order valence-electron chi connectivity index (χ4n) is 2.43. The van der Waals surface area contributed by atoms with Crippen LogP contribution in [0.25, 0.3) is 0 Å². The summed E-state index contributed by atoms with van der Waals surface area (Å²) in [6, 6.07) is 0.326. The Kier molecular flexibility index (Phi) is 4.22. The zero-order chi connectivity index (χ0) is 13.0. The van der Waals surface area contributed by atoms with Crippen molar-refractivity contribution in [1.29, 1.82) is 0 Å². The molecule has 1 unspecified atom stereocenters. The summed E-state index contributed by atoms with van der Waals surface area (Å²) in [5.74, 6) is -0.997. The molecule has 1 saturated heterocycles. The second kappa shape index (κ2) is 5.88. The Bertz CT molecular complexity index is 425. The molecular weight excluding hydrogens is 234 g/mol. The van der Waals surface area contributed by atoms with Gasteiger partial charge in [0.1, 0.15) is 11.9 Å². The van der Waals surface area contributed by atoms with E-state index in [-0.39, 0.29) is 12.2 Å². The molecule has 18 heavy (non-hydrogen) atoms. The zero-order valence-electron chi connectivity index (χ0n) is 10.1. The third-order valence-electron chi connectivity index (χ3n) is 3.34. The first-order valence-corrected chi connectivity index (χ1v) is 6.09. The van der Waals surface area contributed by atoms with Crippen molar-refractivity contribution in [3.05, 3.63) is 23.8 Å². The van der Waals surface area contributed by atoms with Crippen LogP contribution in [0.1, 0.15) is 35.3 Å². The van der Waals surface area contributed by atoms with Crippen LogP contribution in [-0.4, -0.2) is 50.2 Å². The molecule has 1 aliphatic rings. The molecule has 1 fully saturated rings. The maximum atomic E-state index is 11.1. The highest BCUT2D eigenvalue weighted by Crippen LogP contribution is 2.22. The van der Waals surface area contributed by atoms with Gasteiger partial charge in [-0.3, -0.25) is 4.90 Å². The number of likely N-dealkylation sites (tertiary alicyclic amines) is 1. The van der Waals surface area contributed by atoms with Crippen LogP contribution >= 0.6 is 0 Å². The molecule has 1 aliphatic heterocycles. The summed E-state index contributed by atoms with van der Waals surface area (Å²) >= 11 is 0. The van der Waals surface area contributed by atoms with Gasteiger partial charge in [0.05, 0.1) is 5.69 Å². The van der Waals surface area contributed by atoms with Crippen molar-refractivity contribution in [3.63, 3.8) is 0 Å². The van der Waals surface area contributed by atoms with Crippen molar-refractivity contribution in [1.82, 2.24) is 14.9 Å². The molecule has 2 rings (SSSR count). The molecule has 0 saturated carbocycles. The molecular formula is C12H17N3O3. The SMILES string of the molecule is O=C(O)c1cncnc1CN1CCCC1CCO. The predicted molar refractivity (Wildman–Crippen MR) is 64.1 cm³/mol. The van der Waals surface area contributed by atoms with Crippen LogP contribution in [0.15, 0.2) is 12.5 Å². The molecule has 1 atom stereocenters. The van der Waals surface area contributed by atoms with Crippen molar-refractivity contribution >= 4 is 5.97 Å². The maximum Gasteiger partial charge on any atom is 0.339 e. The Labute approximate surface area is 105 Å². The number of hydrogen-bond donors (Lipinski definition) is 2. The highest BCUT2D eigenvalue weighted by atomic mass is 16.4. The van der Waals surface area contributed by atoms with Crippen molar-refractivity contribution in [3.8, 4) is 0 Å². The fourth-order valence-corrected chi connectivity index (χ4v) is 2.43. The van der Waals surface area contributed by atoms with Crippen LogP contribution in [0.4, 0.5) is 0 Å². The summed E-state index contributed by atoms with van der Waals surface area (Å²) in [6.45, 7) is 1.60. The molecule has 2 heterocycles. The molecule has 0 bridgehead atoms. The van der Waals surface area contributed by atoms with E-state index in [9.17, 15) is 4.79 Å². The topological polar surface area (TPSA) is 86.5 Å². The van der Waals surface area contributed by atoms with E-state index < -0.39 is 5.97 Å². The zero-order valence-corrected chi connectivity index (χ0v) is 10.1. The molecule has 0 spiro atoms. The summed E-state index contributed by atoms with van der Waals surface area (Å²) in [6.07, 6.45) is 5.57. The van der Waals surface area contributed by atoms with Gasteiger partial charge in [0.25, 0.3) is 0 Å². The van der Waals surface area contributed by atoms with Crippen LogP contribution in [0, 0.1) is 0 Å². The Morgan fingerprint density at radius 3 is 3.11 bits per heavy atom. The lowest BCUT2D eigenvalue weighted by molar-refractivity contribution is 0.0692. The predicted octanol–water partition coefficient (Wildman–Crippen LogP) is 0.522. The van der Waals surface area contributed by atoms with E-state index in [4.69, 9.17) is 10.2 Å². The Hall–Kier alpha value is -1.53. The number of aromatic carboxylic acids is 1. The third kappa shape index (κ3) is 2.83. The lowest BCUT2D eigenvalue weighted by Gasteiger charge is -2.23. The molecule has 98 valence electrons. The highest BCUT2D eigenvalue weighted by Gasteiger charge is 2.25. The minimum Gasteiger partial charge on any atom is -0.478 e. The van der Waals surface area contributed by atoms with Crippen molar-refractivity contribution in [2.75, 3.05) is 13.2 Å². The molecule has 0 aromatic carbocycles. The van der Waals surface area contributed by atoms with Gasteiger partial charge in [0.15, 0.2) is 0 Å². The van der Waals surface area contributed by atoms with Gasteiger partial charge in [-0.05, 0) is 25.8 Å². The van der Waals surface area contributed by atoms with Gasteiger partial charge in [-0.2, -0.15) is 0 Å². The number of carboxylic acid groups (broad SMARTS) is 1. The Balaban J connectivity index is 2.11. The maximum absolute atomic E-state index is 11.1. The van der Waals surface area contributed by atoms with E-state index in [1.165, 1.54) is 12.5 Å². The quantitative estimate of drug-likeness (QED) is 0.793. The van der Waals surface area contributed by atoms with Crippen LogP contribution in [0.5, 0.6) is 0 Å². The van der Waals surface area contributed by atoms with Gasteiger partial charge >= 0.3 is 5.97 Å². The fraction of sp³-hybridized carbons (Fsp3) is 0.583. The molecule has 2 N–H and O–H groups in total. The average molecular weight is 251 g/mol. The molecule has 0 radical (unpaired) electrons. The number of aromatic nitrogens is 2. The van der Waals surface area contributed by atoms with Crippen LogP contribution < -0.4 is 0 Å². The third-order valence-corrected chi connectivity index (χ3v) is 3.34. The molecule has 1 aromatic heterocycles. The lowest BCUT2D eigenvalue weighted by atomic mass is 10.1. The van der Waals surface area contributed by atoms with E-state index in [1.54, 1.807) is 0 Å². The van der Waals surface area contributed by atoms with Crippen molar-refractivity contribution < 1.29 is 15.0 Å². The number of nitrogens with zero attached hydrogens (tertiary/aromatic N) is 3. The van der Waals surface area contributed by atoms with E-state index in [0.717, 1.165) is 25.8 Å². The standard InChI is InChI=1S/C12H17N3O3/c16-5-3-9-2-1-4-15(9)7-11-10(12(17)18)6-13-8-14-11/h6,8-9,16H,1-5,7H2,(H,17,18). The van der Waals surface area contributed by atoms with Crippen LogP contribution in [0.2, 0.25) is 0 Å². The monoisotopic (exact) mass is 251 g/mol. The summed E-state index contributed by atoms with van der Waals surface area (Å²) < 4.78 is 0. The number of carbonyl (C=O) groups is 1. The first kappa shape index (κ1) is 12.9. The smallest absolute Gasteiger partial charge is 0.339 e. The van der Waals surface area contributed by atoms with E-state index in [1.807, 2.05) is 0 Å². The molecule has 0 amide bonds. The Morgan fingerprint density at radius 2 is 2.39 bits per heavy atom. The van der Waals surface area contributed by atoms with Crippen molar-refractivity contribution in [2.45, 2.75) is 31.8 Å². The number of aliphatic hydroxyl groups excluding tert-OH is 1. The molecule has 6 heteroatoms. The van der Waals surface area contributed by atoms with Gasteiger partial charge < -0.3 is 10.2 Å². The van der Waals surface area contributed by atoms with Crippen LogP contribution in [-0.2, 0) is 6.54 Å².